The van der Waals surface area contributed by atoms with Gasteiger partial charge in [0.15, 0.2) is 0 Å². The molecule has 8 rings (SSSR count). The molecular formula is C45H48N5O7PS. The molecule has 306 valence electrons. The molecule has 3 amide bonds. The van der Waals surface area contributed by atoms with Gasteiger partial charge in [0, 0.05) is 42.1 Å². The number of ether oxygens (including phenoxy) is 1. The van der Waals surface area contributed by atoms with Crippen molar-refractivity contribution in [1.29, 1.82) is 0 Å². The lowest BCUT2D eigenvalue weighted by atomic mass is 9.92. The standard InChI is InChI=1S/C45H48N5O7PS/c1-2-56-45(54)38(24-30-11-5-3-6-12-30)48-58(55,57-36-15-7-4-8-16-36)29-31-18-21-40-33(23-31)25-41(59-40)42(51)47-37-17-9-14-35-19-20-39(50(35)43(37)52)44(53)49-27-34(28-49)32-13-10-22-46-26-32/h3-8,10-13,15-16,18,21-23,25-26,34-35,37-39H,2,9,14,17,19-20,24,27-29H2,1H3,(H,47,51)(H,48,55)/t35-,37-,38-,39-,58?/m0/s1. The van der Waals surface area contributed by atoms with Crippen molar-refractivity contribution in [3.8, 4) is 5.75 Å². The molecule has 0 radical (unpaired) electrons. The summed E-state index contributed by atoms with van der Waals surface area (Å²) in [5, 5.41) is 6.86. The molecule has 0 saturated carbocycles. The van der Waals surface area contributed by atoms with Gasteiger partial charge in [0.1, 0.15) is 23.9 Å². The second-order valence-electron chi connectivity index (χ2n) is 15.5. The van der Waals surface area contributed by atoms with Gasteiger partial charge in [-0.2, -0.15) is 0 Å². The van der Waals surface area contributed by atoms with E-state index < -0.39 is 31.6 Å². The maximum absolute atomic E-state index is 14.8. The third-order valence-corrected chi connectivity index (χ3v) is 14.5. The normalized spacial score (nSPS) is 20.8. The lowest BCUT2D eigenvalue weighted by Crippen LogP contribution is -2.58. The van der Waals surface area contributed by atoms with Crippen molar-refractivity contribution in [2.75, 3.05) is 19.7 Å². The first-order valence-corrected chi connectivity index (χ1v) is 23.0. The lowest BCUT2D eigenvalue weighted by molar-refractivity contribution is -0.148. The number of nitrogens with one attached hydrogen (secondary N) is 2. The van der Waals surface area contributed by atoms with Crippen molar-refractivity contribution in [3.05, 3.63) is 131 Å². The van der Waals surface area contributed by atoms with Crippen molar-refractivity contribution < 1.29 is 33.0 Å². The number of carbonyl (C=O) groups is 4. The summed E-state index contributed by atoms with van der Waals surface area (Å²) in [5.41, 5.74) is 2.66. The van der Waals surface area contributed by atoms with Crippen LogP contribution < -0.4 is 14.9 Å². The lowest BCUT2D eigenvalue weighted by Gasteiger charge is -2.42. The first-order valence-electron chi connectivity index (χ1n) is 20.3. The monoisotopic (exact) mass is 833 g/mol. The number of likely N-dealkylation sites (tertiary alicyclic amines) is 1. The van der Waals surface area contributed by atoms with Crippen LogP contribution in [0, 0.1) is 0 Å². The molecule has 2 aromatic heterocycles. The third-order valence-electron chi connectivity index (χ3n) is 11.4. The highest BCUT2D eigenvalue weighted by atomic mass is 32.1. The van der Waals surface area contributed by atoms with Gasteiger partial charge in [-0.3, -0.25) is 28.7 Å². The summed E-state index contributed by atoms with van der Waals surface area (Å²) >= 11 is 1.31. The predicted octanol–water partition coefficient (Wildman–Crippen LogP) is 7.10. The zero-order valence-corrected chi connectivity index (χ0v) is 34.6. The van der Waals surface area contributed by atoms with Crippen LogP contribution in [0.3, 0.4) is 0 Å². The van der Waals surface area contributed by atoms with E-state index in [0.29, 0.717) is 42.1 Å². The van der Waals surface area contributed by atoms with E-state index in [1.807, 2.05) is 77.8 Å². The van der Waals surface area contributed by atoms with Crippen LogP contribution in [0.4, 0.5) is 0 Å². The average molecular weight is 834 g/mol. The molecule has 3 fully saturated rings. The number of amides is 3. The number of benzene rings is 3. The molecule has 0 spiro atoms. The van der Waals surface area contributed by atoms with E-state index in [-0.39, 0.29) is 48.9 Å². The van der Waals surface area contributed by atoms with Crippen LogP contribution >= 0.6 is 18.9 Å². The topological polar surface area (TPSA) is 147 Å². The first kappa shape index (κ1) is 40.4. The fraction of sp³-hybridized carbons (Fsp3) is 0.356. The van der Waals surface area contributed by atoms with Crippen molar-refractivity contribution in [3.63, 3.8) is 0 Å². The zero-order valence-electron chi connectivity index (χ0n) is 32.9. The molecule has 12 nitrogen and oxygen atoms in total. The zero-order chi connectivity index (χ0) is 40.9. The molecule has 3 aromatic carbocycles. The molecule has 3 aliphatic heterocycles. The summed E-state index contributed by atoms with van der Waals surface area (Å²) in [7, 11) is -3.80. The SMILES string of the molecule is CCOC(=O)[C@H](Cc1ccccc1)NP(=O)(Cc1ccc2sc(C(=O)N[C@H]3CCC[C@H]4CC[C@@H](C(=O)N5CC(c6cccnc6)C5)N4C3=O)cc2c1)Oc1ccccc1. The van der Waals surface area contributed by atoms with E-state index in [1.165, 1.54) is 11.3 Å². The second kappa shape index (κ2) is 17.9. The van der Waals surface area contributed by atoms with E-state index in [1.54, 1.807) is 48.4 Å². The third kappa shape index (κ3) is 9.28. The number of pyridine rings is 1. The maximum Gasteiger partial charge on any atom is 0.323 e. The van der Waals surface area contributed by atoms with Crippen molar-refractivity contribution >= 4 is 52.6 Å². The second-order valence-corrected chi connectivity index (χ2v) is 18.7. The number of nitrogens with zero attached hydrogens (tertiary/aromatic N) is 3. The minimum Gasteiger partial charge on any atom is -0.465 e. The molecule has 3 aliphatic rings. The number of aromatic nitrogens is 1. The minimum absolute atomic E-state index is 0.0151. The van der Waals surface area contributed by atoms with Gasteiger partial charge in [-0.05, 0) is 104 Å². The number of rotatable bonds is 14. The highest BCUT2D eigenvalue weighted by molar-refractivity contribution is 7.56. The Morgan fingerprint density at radius 2 is 1.69 bits per heavy atom. The minimum atomic E-state index is -3.80. The summed E-state index contributed by atoms with van der Waals surface area (Å²) in [6.07, 6.45) is 7.24. The molecular weight excluding hydrogens is 786 g/mol. The van der Waals surface area contributed by atoms with Crippen molar-refractivity contribution in [1.82, 2.24) is 25.2 Å². The summed E-state index contributed by atoms with van der Waals surface area (Å²) < 4.78 is 27.2. The number of para-hydroxylation sites is 1. The Morgan fingerprint density at radius 3 is 2.44 bits per heavy atom. The highest BCUT2D eigenvalue weighted by Crippen LogP contribution is 2.48. The predicted molar refractivity (Wildman–Crippen MR) is 226 cm³/mol. The first-order chi connectivity index (χ1) is 28.7. The van der Waals surface area contributed by atoms with Gasteiger partial charge in [0.25, 0.3) is 5.91 Å². The van der Waals surface area contributed by atoms with Crippen LogP contribution in [0.1, 0.15) is 71.3 Å². The van der Waals surface area contributed by atoms with Gasteiger partial charge in [-0.15, -0.1) is 11.3 Å². The van der Waals surface area contributed by atoms with E-state index >= 15 is 0 Å². The van der Waals surface area contributed by atoms with Crippen LogP contribution in [0.15, 0.2) is 109 Å². The number of hydrogen-bond donors (Lipinski definition) is 2. The molecule has 5 aromatic rings. The number of hydrogen-bond acceptors (Lipinski definition) is 9. The average Bonchev–Trinajstić information content (AvgIpc) is 3.81. The fourth-order valence-corrected chi connectivity index (χ4v) is 11.4. The molecule has 3 saturated heterocycles. The summed E-state index contributed by atoms with van der Waals surface area (Å²) in [6.45, 7) is 3.11. The quantitative estimate of drug-likeness (QED) is 0.0884. The molecule has 14 heteroatoms. The Bertz CT molecular complexity index is 2340. The van der Waals surface area contributed by atoms with E-state index in [0.717, 1.165) is 40.5 Å². The molecule has 5 heterocycles. The molecule has 1 unspecified atom stereocenters. The van der Waals surface area contributed by atoms with Crippen LogP contribution in [0.25, 0.3) is 10.1 Å². The number of fused-ring (bicyclic) bond motifs is 2. The highest BCUT2D eigenvalue weighted by Gasteiger charge is 2.47. The Hall–Kier alpha value is -5.36. The van der Waals surface area contributed by atoms with Gasteiger partial charge in [0.2, 0.25) is 11.8 Å². The van der Waals surface area contributed by atoms with E-state index in [4.69, 9.17) is 9.26 Å². The number of carbonyl (C=O) groups excluding carboxylic acids is 4. The summed E-state index contributed by atoms with van der Waals surface area (Å²) in [5.74, 6) is -0.467. The van der Waals surface area contributed by atoms with Gasteiger partial charge >= 0.3 is 13.5 Å². The van der Waals surface area contributed by atoms with Gasteiger partial charge < -0.3 is 24.4 Å². The van der Waals surface area contributed by atoms with Crippen LogP contribution in [-0.4, -0.2) is 82.3 Å². The molecule has 59 heavy (non-hydrogen) atoms. The molecule has 5 atom stereocenters. The Kier molecular flexibility index (Phi) is 12.2. The largest absolute Gasteiger partial charge is 0.465 e. The van der Waals surface area contributed by atoms with Crippen molar-refractivity contribution in [2.45, 2.75) is 81.7 Å². The Morgan fingerprint density at radius 1 is 0.915 bits per heavy atom. The number of esters is 1. The van der Waals surface area contributed by atoms with Crippen LogP contribution in [0.2, 0.25) is 0 Å². The van der Waals surface area contributed by atoms with Gasteiger partial charge in [-0.25, -0.2) is 5.09 Å². The molecule has 0 bridgehead atoms. The van der Waals surface area contributed by atoms with Gasteiger partial charge in [-0.1, -0.05) is 60.7 Å². The molecule has 0 aliphatic carbocycles. The van der Waals surface area contributed by atoms with Crippen LogP contribution in [0.5, 0.6) is 5.75 Å². The fourth-order valence-electron chi connectivity index (χ4n) is 8.48. The van der Waals surface area contributed by atoms with Gasteiger partial charge in [0.05, 0.1) is 17.6 Å². The summed E-state index contributed by atoms with van der Waals surface area (Å²) in [6, 6.07) is 27.4. The Balaban J connectivity index is 0.962. The number of thiophene rings is 1. The maximum atomic E-state index is 14.8. The Labute approximate surface area is 347 Å². The summed E-state index contributed by atoms with van der Waals surface area (Å²) in [4.78, 5) is 63.2. The van der Waals surface area contributed by atoms with Crippen LogP contribution in [-0.2, 0) is 36.3 Å². The molecule has 2 N–H and O–H groups in total. The van der Waals surface area contributed by atoms with E-state index in [9.17, 15) is 23.7 Å². The smallest absolute Gasteiger partial charge is 0.323 e. The van der Waals surface area contributed by atoms with Crippen molar-refractivity contribution in [2.24, 2.45) is 0 Å². The van der Waals surface area contributed by atoms with E-state index in [2.05, 4.69) is 15.4 Å².